The van der Waals surface area contributed by atoms with E-state index in [-0.39, 0.29) is 5.91 Å². The van der Waals surface area contributed by atoms with E-state index in [0.29, 0.717) is 6.42 Å². The number of benzene rings is 1. The molecule has 0 aliphatic heterocycles. The van der Waals surface area contributed by atoms with Crippen molar-refractivity contribution in [2.45, 2.75) is 38.5 Å². The van der Waals surface area contributed by atoms with Gasteiger partial charge in [0.1, 0.15) is 0 Å². The topological polar surface area (TPSA) is 55.1 Å². The van der Waals surface area contributed by atoms with Gasteiger partial charge in [0.05, 0.1) is 0 Å². The van der Waals surface area contributed by atoms with E-state index < -0.39 is 0 Å². The predicted octanol–water partition coefficient (Wildman–Crippen LogP) is 2.91. The molecule has 1 amide bonds. The number of hydrogen-bond acceptors (Lipinski definition) is 2. The summed E-state index contributed by atoms with van der Waals surface area (Å²) in [6, 6.07) is 7.78. The van der Waals surface area contributed by atoms with Gasteiger partial charge in [-0.1, -0.05) is 30.2 Å². The van der Waals surface area contributed by atoms with Gasteiger partial charge in [-0.05, 0) is 49.9 Å². The number of nitrogens with two attached hydrogens (primary N) is 1. The van der Waals surface area contributed by atoms with Crippen molar-refractivity contribution in [1.29, 1.82) is 0 Å². The van der Waals surface area contributed by atoms with Crippen LogP contribution in [0, 0.1) is 0 Å². The molecule has 0 aromatic heterocycles. The standard InChI is InChI=1S/C15H23ClN2O/c16-14-9-7-13(8-10-14)5-4-6-15(19)18-12-3-1-2-11-17/h7-10H,1-6,11-12,17H2,(H,18,19). The van der Waals surface area contributed by atoms with E-state index in [1.165, 1.54) is 5.56 Å². The first-order chi connectivity index (χ1) is 9.22. The number of halogens is 1. The monoisotopic (exact) mass is 282 g/mol. The summed E-state index contributed by atoms with van der Waals surface area (Å²) in [6.45, 7) is 1.49. The number of carbonyl (C=O) groups is 1. The van der Waals surface area contributed by atoms with Crippen LogP contribution in [-0.2, 0) is 11.2 Å². The molecule has 0 aliphatic rings. The molecule has 0 spiro atoms. The second-order valence-corrected chi connectivity index (χ2v) is 5.12. The Kier molecular flexibility index (Phi) is 8.26. The summed E-state index contributed by atoms with van der Waals surface area (Å²) < 4.78 is 0. The molecule has 0 unspecified atom stereocenters. The first kappa shape index (κ1) is 16.0. The van der Waals surface area contributed by atoms with Crippen LogP contribution in [-0.4, -0.2) is 19.0 Å². The third kappa shape index (κ3) is 7.85. The molecule has 0 bridgehead atoms. The summed E-state index contributed by atoms with van der Waals surface area (Å²) in [5, 5.41) is 3.69. The molecular weight excluding hydrogens is 260 g/mol. The van der Waals surface area contributed by atoms with E-state index in [0.717, 1.165) is 50.2 Å². The van der Waals surface area contributed by atoms with E-state index >= 15 is 0 Å². The minimum atomic E-state index is 0.140. The molecule has 0 fully saturated rings. The Morgan fingerprint density at radius 2 is 1.84 bits per heavy atom. The fourth-order valence-corrected chi connectivity index (χ4v) is 1.99. The van der Waals surface area contributed by atoms with Crippen LogP contribution in [0.1, 0.15) is 37.7 Å². The van der Waals surface area contributed by atoms with Crippen molar-refractivity contribution >= 4 is 17.5 Å². The molecule has 0 saturated carbocycles. The smallest absolute Gasteiger partial charge is 0.220 e. The second-order valence-electron chi connectivity index (χ2n) is 4.68. The maximum atomic E-state index is 11.6. The molecule has 19 heavy (non-hydrogen) atoms. The molecule has 0 heterocycles. The Bertz CT molecular complexity index is 365. The van der Waals surface area contributed by atoms with Crippen molar-refractivity contribution < 1.29 is 4.79 Å². The van der Waals surface area contributed by atoms with Gasteiger partial charge in [0.15, 0.2) is 0 Å². The predicted molar refractivity (Wildman–Crippen MR) is 80.3 cm³/mol. The van der Waals surface area contributed by atoms with E-state index in [1.54, 1.807) is 0 Å². The van der Waals surface area contributed by atoms with Crippen LogP contribution >= 0.6 is 11.6 Å². The van der Waals surface area contributed by atoms with Crippen LogP contribution in [0.5, 0.6) is 0 Å². The van der Waals surface area contributed by atoms with E-state index in [9.17, 15) is 4.79 Å². The van der Waals surface area contributed by atoms with Crippen LogP contribution in [0.25, 0.3) is 0 Å². The van der Waals surface area contributed by atoms with Crippen LogP contribution in [0.4, 0.5) is 0 Å². The first-order valence-corrected chi connectivity index (χ1v) is 7.31. The minimum absolute atomic E-state index is 0.140. The number of amides is 1. The molecule has 1 aromatic rings. The van der Waals surface area contributed by atoms with Crippen molar-refractivity contribution in [3.8, 4) is 0 Å². The zero-order chi connectivity index (χ0) is 13.9. The lowest BCUT2D eigenvalue weighted by molar-refractivity contribution is -0.121. The molecule has 106 valence electrons. The molecule has 0 saturated heterocycles. The number of carbonyl (C=O) groups excluding carboxylic acids is 1. The first-order valence-electron chi connectivity index (χ1n) is 6.93. The molecule has 4 heteroatoms. The van der Waals surface area contributed by atoms with Gasteiger partial charge in [0.25, 0.3) is 0 Å². The summed E-state index contributed by atoms with van der Waals surface area (Å²) in [4.78, 5) is 11.6. The van der Waals surface area contributed by atoms with Crippen LogP contribution in [0.15, 0.2) is 24.3 Å². The van der Waals surface area contributed by atoms with Crippen molar-refractivity contribution in [3.05, 3.63) is 34.9 Å². The van der Waals surface area contributed by atoms with Crippen molar-refractivity contribution in [2.24, 2.45) is 5.73 Å². The average Bonchev–Trinajstić information content (AvgIpc) is 2.41. The molecule has 1 aromatic carbocycles. The maximum absolute atomic E-state index is 11.6. The van der Waals surface area contributed by atoms with Crippen molar-refractivity contribution in [2.75, 3.05) is 13.1 Å². The second kappa shape index (κ2) is 9.82. The number of aryl methyl sites for hydroxylation is 1. The fourth-order valence-electron chi connectivity index (χ4n) is 1.87. The summed E-state index contributed by atoms with van der Waals surface area (Å²) in [6.07, 6.45) is 5.50. The molecule has 1 rings (SSSR count). The van der Waals surface area contributed by atoms with E-state index in [4.69, 9.17) is 17.3 Å². The minimum Gasteiger partial charge on any atom is -0.356 e. The third-order valence-electron chi connectivity index (χ3n) is 2.99. The lowest BCUT2D eigenvalue weighted by Gasteiger charge is -2.05. The molecule has 0 atom stereocenters. The summed E-state index contributed by atoms with van der Waals surface area (Å²) >= 11 is 5.82. The Morgan fingerprint density at radius 1 is 1.11 bits per heavy atom. The fraction of sp³-hybridized carbons (Fsp3) is 0.533. The summed E-state index contributed by atoms with van der Waals surface area (Å²) in [5.74, 6) is 0.140. The molecule has 0 aliphatic carbocycles. The van der Waals surface area contributed by atoms with Crippen LogP contribution in [0.3, 0.4) is 0 Å². The Labute approximate surface area is 120 Å². The highest BCUT2D eigenvalue weighted by molar-refractivity contribution is 6.30. The van der Waals surface area contributed by atoms with Gasteiger partial charge in [-0.3, -0.25) is 4.79 Å². The highest BCUT2D eigenvalue weighted by atomic mass is 35.5. The summed E-state index contributed by atoms with van der Waals surface area (Å²) in [7, 11) is 0. The van der Waals surface area contributed by atoms with Gasteiger partial charge in [0, 0.05) is 18.0 Å². The number of hydrogen-bond donors (Lipinski definition) is 2. The van der Waals surface area contributed by atoms with E-state index in [2.05, 4.69) is 5.32 Å². The number of nitrogens with one attached hydrogen (secondary N) is 1. The van der Waals surface area contributed by atoms with Gasteiger partial charge in [-0.2, -0.15) is 0 Å². The molecule has 3 N–H and O–H groups in total. The summed E-state index contributed by atoms with van der Waals surface area (Å²) in [5.41, 5.74) is 6.63. The van der Waals surface area contributed by atoms with E-state index in [1.807, 2.05) is 24.3 Å². The SMILES string of the molecule is NCCCCCNC(=O)CCCc1ccc(Cl)cc1. The van der Waals surface area contributed by atoms with Crippen LogP contribution < -0.4 is 11.1 Å². The number of rotatable bonds is 9. The zero-order valence-corrected chi connectivity index (χ0v) is 12.1. The van der Waals surface area contributed by atoms with Crippen molar-refractivity contribution in [1.82, 2.24) is 5.32 Å². The molecular formula is C15H23ClN2O. The maximum Gasteiger partial charge on any atom is 0.220 e. The lowest BCUT2D eigenvalue weighted by atomic mass is 10.1. The third-order valence-corrected chi connectivity index (χ3v) is 3.24. The zero-order valence-electron chi connectivity index (χ0n) is 11.3. The normalized spacial score (nSPS) is 10.4. The largest absolute Gasteiger partial charge is 0.356 e. The highest BCUT2D eigenvalue weighted by Crippen LogP contribution is 2.11. The van der Waals surface area contributed by atoms with Gasteiger partial charge in [0.2, 0.25) is 5.91 Å². The molecule has 0 radical (unpaired) electrons. The van der Waals surface area contributed by atoms with Crippen molar-refractivity contribution in [3.63, 3.8) is 0 Å². The highest BCUT2D eigenvalue weighted by Gasteiger charge is 2.01. The quantitative estimate of drug-likeness (QED) is 0.684. The Balaban J connectivity index is 2.05. The molecule has 3 nitrogen and oxygen atoms in total. The van der Waals surface area contributed by atoms with Gasteiger partial charge >= 0.3 is 0 Å². The van der Waals surface area contributed by atoms with Crippen LogP contribution in [0.2, 0.25) is 5.02 Å². The Morgan fingerprint density at radius 3 is 2.53 bits per heavy atom. The lowest BCUT2D eigenvalue weighted by Crippen LogP contribution is -2.24. The van der Waals surface area contributed by atoms with Gasteiger partial charge < -0.3 is 11.1 Å². The Hall–Kier alpha value is -1.06. The number of unbranched alkanes of at least 4 members (excludes halogenated alkanes) is 2. The van der Waals surface area contributed by atoms with Gasteiger partial charge in [-0.25, -0.2) is 0 Å². The average molecular weight is 283 g/mol. The van der Waals surface area contributed by atoms with Gasteiger partial charge in [-0.15, -0.1) is 0 Å².